The van der Waals surface area contributed by atoms with Gasteiger partial charge in [-0.2, -0.15) is 0 Å². The average molecular weight is 390 g/mol. The van der Waals surface area contributed by atoms with E-state index in [-0.39, 0.29) is 36.7 Å². The molecule has 0 spiro atoms. The van der Waals surface area contributed by atoms with Crippen LogP contribution in [0.1, 0.15) is 65.2 Å². The summed E-state index contributed by atoms with van der Waals surface area (Å²) in [5, 5.41) is 2.61. The smallest absolute Gasteiger partial charge is 0.325 e. The van der Waals surface area contributed by atoms with Crippen LogP contribution >= 0.6 is 0 Å². The quantitative estimate of drug-likeness (QED) is 0.532. The van der Waals surface area contributed by atoms with Crippen molar-refractivity contribution in [3.8, 4) is 0 Å². The fraction of sp³-hybridized carbons (Fsp3) is 0.810. The lowest BCUT2D eigenvalue weighted by Crippen LogP contribution is -2.51. The number of amides is 3. The number of carbonyl (C=O) groups excluding carboxylic acids is 4. The van der Waals surface area contributed by atoms with Gasteiger partial charge in [0.15, 0.2) is 12.4 Å². The Balaban J connectivity index is 1.22. The van der Waals surface area contributed by atoms with Crippen LogP contribution in [-0.2, 0) is 19.1 Å². The molecule has 4 bridgehead atoms. The summed E-state index contributed by atoms with van der Waals surface area (Å²) >= 11 is 0. The summed E-state index contributed by atoms with van der Waals surface area (Å²) in [6, 6.07) is -0.430. The Hall–Kier alpha value is -1.92. The number of imide groups is 1. The standard InChI is InChI=1S/C21H30N2O5/c1-20(2)18(26)23(19(27)22-20)5-3-4-17(25)28-12-16(24)21-9-13-6-14(10-21)8-15(7-13)11-21/h13-15H,3-12H2,1-2H3,(H,22,27). The molecule has 1 saturated heterocycles. The first-order valence-corrected chi connectivity index (χ1v) is 10.5. The van der Waals surface area contributed by atoms with E-state index < -0.39 is 17.5 Å². The predicted molar refractivity (Wildman–Crippen MR) is 100 cm³/mol. The van der Waals surface area contributed by atoms with E-state index in [4.69, 9.17) is 4.74 Å². The summed E-state index contributed by atoms with van der Waals surface area (Å²) in [5.41, 5.74) is -1.15. The minimum Gasteiger partial charge on any atom is -0.458 e. The molecule has 28 heavy (non-hydrogen) atoms. The zero-order chi connectivity index (χ0) is 20.1. The van der Waals surface area contributed by atoms with Crippen molar-refractivity contribution in [2.75, 3.05) is 13.2 Å². The van der Waals surface area contributed by atoms with Crippen molar-refractivity contribution in [3.05, 3.63) is 0 Å². The topological polar surface area (TPSA) is 92.8 Å². The van der Waals surface area contributed by atoms with Gasteiger partial charge in [0.2, 0.25) is 0 Å². The minimum absolute atomic E-state index is 0.0889. The molecule has 3 amide bonds. The van der Waals surface area contributed by atoms with Crippen LogP contribution in [0.2, 0.25) is 0 Å². The maximum Gasteiger partial charge on any atom is 0.325 e. The van der Waals surface area contributed by atoms with Crippen molar-refractivity contribution in [2.45, 2.75) is 70.8 Å². The molecule has 0 atom stereocenters. The monoisotopic (exact) mass is 390 g/mol. The Morgan fingerprint density at radius 3 is 2.14 bits per heavy atom. The molecule has 1 heterocycles. The largest absolute Gasteiger partial charge is 0.458 e. The third-order valence-corrected chi connectivity index (χ3v) is 7.20. The number of hydrogen-bond donors (Lipinski definition) is 1. The highest BCUT2D eigenvalue weighted by molar-refractivity contribution is 6.06. The molecule has 7 heteroatoms. The van der Waals surface area contributed by atoms with Crippen LogP contribution in [0.5, 0.6) is 0 Å². The molecule has 1 aliphatic heterocycles. The van der Waals surface area contributed by atoms with Crippen molar-refractivity contribution in [3.63, 3.8) is 0 Å². The Morgan fingerprint density at radius 1 is 1.07 bits per heavy atom. The molecule has 154 valence electrons. The number of nitrogens with one attached hydrogen (secondary N) is 1. The summed E-state index contributed by atoms with van der Waals surface area (Å²) in [6.07, 6.45) is 7.14. The Morgan fingerprint density at radius 2 is 1.64 bits per heavy atom. The van der Waals surface area contributed by atoms with Crippen molar-refractivity contribution in [2.24, 2.45) is 23.2 Å². The van der Waals surface area contributed by atoms with Crippen molar-refractivity contribution >= 4 is 23.7 Å². The second-order valence-electron chi connectivity index (χ2n) is 9.90. The minimum atomic E-state index is -0.901. The molecule has 5 aliphatic rings. The summed E-state index contributed by atoms with van der Waals surface area (Å²) < 4.78 is 5.26. The first-order valence-electron chi connectivity index (χ1n) is 10.5. The van der Waals surface area contributed by atoms with Crippen molar-refractivity contribution < 1.29 is 23.9 Å². The first kappa shape index (κ1) is 19.4. The number of hydrogen-bond acceptors (Lipinski definition) is 5. The molecule has 0 aromatic heterocycles. The first-order chi connectivity index (χ1) is 13.2. The van der Waals surface area contributed by atoms with Gasteiger partial charge in [-0.15, -0.1) is 0 Å². The molecule has 0 unspecified atom stereocenters. The lowest BCUT2D eigenvalue weighted by Gasteiger charge is -2.55. The number of urea groups is 1. The van der Waals surface area contributed by atoms with Crippen LogP contribution in [0.4, 0.5) is 4.79 Å². The van der Waals surface area contributed by atoms with Crippen LogP contribution in [0, 0.1) is 23.2 Å². The van der Waals surface area contributed by atoms with Gasteiger partial charge < -0.3 is 10.1 Å². The van der Waals surface area contributed by atoms with Gasteiger partial charge in [-0.05, 0) is 76.5 Å². The Bertz CT molecular complexity index is 678. The van der Waals surface area contributed by atoms with Crippen molar-refractivity contribution in [1.82, 2.24) is 10.2 Å². The molecule has 4 aliphatic carbocycles. The Kier molecular flexibility index (Phi) is 4.74. The van der Waals surface area contributed by atoms with Crippen LogP contribution in [0.25, 0.3) is 0 Å². The zero-order valence-electron chi connectivity index (χ0n) is 16.8. The lowest BCUT2D eigenvalue weighted by atomic mass is 9.48. The highest BCUT2D eigenvalue weighted by Gasteiger charge is 2.54. The van der Waals surface area contributed by atoms with Crippen LogP contribution in [0.3, 0.4) is 0 Å². The second-order valence-corrected chi connectivity index (χ2v) is 9.90. The second kappa shape index (κ2) is 6.85. The molecular formula is C21H30N2O5. The average Bonchev–Trinajstić information content (AvgIpc) is 2.80. The van der Waals surface area contributed by atoms with Crippen molar-refractivity contribution in [1.29, 1.82) is 0 Å². The van der Waals surface area contributed by atoms with Gasteiger partial charge >= 0.3 is 12.0 Å². The van der Waals surface area contributed by atoms with E-state index in [1.165, 1.54) is 19.3 Å². The number of carbonyl (C=O) groups is 4. The molecule has 0 aromatic rings. The molecule has 4 saturated carbocycles. The summed E-state index contributed by atoms with van der Waals surface area (Å²) in [5.74, 6) is 1.40. The number of Topliss-reactive ketones (excluding diaryl/α,β-unsaturated/α-hetero) is 1. The van der Waals surface area contributed by atoms with Crippen LogP contribution in [0.15, 0.2) is 0 Å². The summed E-state index contributed by atoms with van der Waals surface area (Å²) in [4.78, 5) is 50.0. The summed E-state index contributed by atoms with van der Waals surface area (Å²) in [7, 11) is 0. The van der Waals surface area contributed by atoms with E-state index in [1.807, 2.05) is 0 Å². The predicted octanol–water partition coefficient (Wildman–Crippen LogP) is 2.43. The molecule has 0 radical (unpaired) electrons. The third kappa shape index (κ3) is 3.44. The number of nitrogens with zero attached hydrogens (tertiary/aromatic N) is 1. The van der Waals surface area contributed by atoms with Gasteiger partial charge in [0.1, 0.15) is 5.54 Å². The van der Waals surface area contributed by atoms with Gasteiger partial charge in [0.05, 0.1) is 0 Å². The van der Waals surface area contributed by atoms with E-state index in [1.54, 1.807) is 13.8 Å². The van der Waals surface area contributed by atoms with Gasteiger partial charge in [0.25, 0.3) is 5.91 Å². The normalized spacial score (nSPS) is 35.2. The highest BCUT2D eigenvalue weighted by atomic mass is 16.5. The molecule has 5 fully saturated rings. The van der Waals surface area contributed by atoms with E-state index in [2.05, 4.69) is 5.32 Å². The van der Waals surface area contributed by atoms with Gasteiger partial charge in [-0.25, -0.2) is 4.79 Å². The maximum atomic E-state index is 12.9. The lowest BCUT2D eigenvalue weighted by molar-refractivity contribution is -0.157. The molecule has 1 N–H and O–H groups in total. The number of esters is 1. The van der Waals surface area contributed by atoms with E-state index in [0.29, 0.717) is 24.2 Å². The fourth-order valence-electron chi connectivity index (χ4n) is 6.23. The SMILES string of the molecule is CC1(C)NC(=O)N(CCCC(=O)OCC(=O)C23CC4CC(CC(C4)C2)C3)C1=O. The molecule has 0 aromatic carbocycles. The number of ether oxygens (including phenoxy) is 1. The van der Waals surface area contributed by atoms with E-state index >= 15 is 0 Å². The highest BCUT2D eigenvalue weighted by Crippen LogP contribution is 2.60. The third-order valence-electron chi connectivity index (χ3n) is 7.20. The number of ketones is 1. The maximum absolute atomic E-state index is 12.9. The zero-order valence-corrected chi connectivity index (χ0v) is 16.8. The van der Waals surface area contributed by atoms with Gasteiger partial charge in [-0.3, -0.25) is 19.3 Å². The number of rotatable bonds is 7. The van der Waals surface area contributed by atoms with Gasteiger partial charge in [-0.1, -0.05) is 0 Å². The Labute approximate surface area is 165 Å². The molecule has 7 nitrogen and oxygen atoms in total. The molecular weight excluding hydrogens is 360 g/mol. The summed E-state index contributed by atoms with van der Waals surface area (Å²) in [6.45, 7) is 3.34. The van der Waals surface area contributed by atoms with Gasteiger partial charge in [0, 0.05) is 18.4 Å². The molecule has 5 rings (SSSR count). The van der Waals surface area contributed by atoms with Crippen LogP contribution < -0.4 is 5.32 Å². The fourth-order valence-corrected chi connectivity index (χ4v) is 6.23. The van der Waals surface area contributed by atoms with E-state index in [0.717, 1.165) is 24.2 Å². The van der Waals surface area contributed by atoms with Crippen LogP contribution in [-0.4, -0.2) is 47.3 Å². The van der Waals surface area contributed by atoms with E-state index in [9.17, 15) is 19.2 Å².